The van der Waals surface area contributed by atoms with Crippen LogP contribution in [-0.4, -0.2) is 33.5 Å². The van der Waals surface area contributed by atoms with Gasteiger partial charge in [0.15, 0.2) is 0 Å². The van der Waals surface area contributed by atoms with Crippen LogP contribution < -0.4 is 0 Å². The molecule has 0 aliphatic heterocycles. The molecule has 2 unspecified atom stereocenters. The first-order valence-electron chi connectivity index (χ1n) is 7.58. The van der Waals surface area contributed by atoms with E-state index in [9.17, 15) is 34.0 Å². The standard InChI is InChI=1S/C17H19ClF2O6/c1-15(2)12(13(15)14(21)26-3)9(7-18)8-5-4-6-10(16(19,22)23)11(8)17(20,24)25/h4-7,12-13,22-25H,1-3H3. The molecule has 0 saturated heterocycles. The second kappa shape index (κ2) is 6.54. The Bertz CT molecular complexity index is 749. The summed E-state index contributed by atoms with van der Waals surface area (Å²) in [5.74, 6) is -1.80. The van der Waals surface area contributed by atoms with Crippen LogP contribution in [0.4, 0.5) is 8.78 Å². The minimum absolute atomic E-state index is 0.0956. The highest BCUT2D eigenvalue weighted by Crippen LogP contribution is 2.64. The molecule has 1 aliphatic carbocycles. The number of benzene rings is 1. The van der Waals surface area contributed by atoms with Gasteiger partial charge in [-0.3, -0.25) is 4.79 Å². The molecule has 0 aromatic heterocycles. The van der Waals surface area contributed by atoms with E-state index in [0.29, 0.717) is 0 Å². The van der Waals surface area contributed by atoms with Gasteiger partial charge in [-0.1, -0.05) is 43.6 Å². The highest BCUT2D eigenvalue weighted by atomic mass is 35.5. The van der Waals surface area contributed by atoms with Gasteiger partial charge in [0, 0.05) is 11.5 Å². The first-order chi connectivity index (χ1) is 11.8. The van der Waals surface area contributed by atoms with E-state index in [2.05, 4.69) is 0 Å². The van der Waals surface area contributed by atoms with E-state index >= 15 is 0 Å². The minimum atomic E-state index is -4.10. The largest absolute Gasteiger partial charge is 0.469 e. The quantitative estimate of drug-likeness (QED) is 0.450. The number of halogens is 3. The maximum absolute atomic E-state index is 14.0. The van der Waals surface area contributed by atoms with Crippen molar-refractivity contribution in [3.63, 3.8) is 0 Å². The zero-order valence-corrected chi connectivity index (χ0v) is 15.0. The van der Waals surface area contributed by atoms with Crippen molar-refractivity contribution in [2.45, 2.75) is 25.9 Å². The van der Waals surface area contributed by atoms with Crippen LogP contribution >= 0.6 is 11.6 Å². The number of hydrogen-bond acceptors (Lipinski definition) is 6. The SMILES string of the molecule is COC(=O)C1C(C(=CCl)c2cccc(C(O)(O)F)c2C(O)(O)F)C1(C)C. The van der Waals surface area contributed by atoms with Gasteiger partial charge < -0.3 is 25.2 Å². The number of alkyl halides is 2. The Morgan fingerprint density at radius 1 is 1.19 bits per heavy atom. The molecular formula is C17H19ClF2O6. The Balaban J connectivity index is 2.66. The highest BCUT2D eigenvalue weighted by Gasteiger charge is 2.64. The summed E-state index contributed by atoms with van der Waals surface area (Å²) in [6.07, 6.45) is 0. The van der Waals surface area contributed by atoms with Gasteiger partial charge in [0.1, 0.15) is 0 Å². The number of allylic oxidation sites excluding steroid dienone is 1. The summed E-state index contributed by atoms with van der Waals surface area (Å²) < 4.78 is 32.4. The van der Waals surface area contributed by atoms with Crippen molar-refractivity contribution in [2.24, 2.45) is 17.3 Å². The van der Waals surface area contributed by atoms with Crippen molar-refractivity contribution in [2.75, 3.05) is 7.11 Å². The van der Waals surface area contributed by atoms with E-state index in [0.717, 1.165) is 17.7 Å². The number of carbonyl (C=O) groups excluding carboxylic acids is 1. The van der Waals surface area contributed by atoms with Gasteiger partial charge in [0.05, 0.1) is 24.2 Å². The lowest BCUT2D eigenvalue weighted by molar-refractivity contribution is -0.290. The smallest absolute Gasteiger partial charge is 0.344 e. The number of carbonyl (C=O) groups is 1. The lowest BCUT2D eigenvalue weighted by Gasteiger charge is -2.24. The number of aliphatic hydroxyl groups is 4. The number of hydrogen-bond donors (Lipinski definition) is 4. The number of ether oxygens (including phenoxy) is 1. The fourth-order valence-electron chi connectivity index (χ4n) is 3.48. The van der Waals surface area contributed by atoms with E-state index < -0.39 is 46.4 Å². The first kappa shape index (κ1) is 20.7. The highest BCUT2D eigenvalue weighted by molar-refractivity contribution is 6.28. The van der Waals surface area contributed by atoms with Gasteiger partial charge in [0.25, 0.3) is 0 Å². The molecule has 144 valence electrons. The normalized spacial score (nSPS) is 22.9. The van der Waals surface area contributed by atoms with Crippen molar-refractivity contribution < 1.29 is 38.7 Å². The zero-order chi connectivity index (χ0) is 20.1. The van der Waals surface area contributed by atoms with Crippen LogP contribution in [0.5, 0.6) is 0 Å². The van der Waals surface area contributed by atoms with E-state index in [1.165, 1.54) is 13.2 Å². The van der Waals surface area contributed by atoms with Gasteiger partial charge in [-0.2, -0.15) is 8.78 Å². The molecule has 2 rings (SSSR count). The van der Waals surface area contributed by atoms with Gasteiger partial charge in [-0.15, -0.1) is 0 Å². The molecule has 0 heterocycles. The van der Waals surface area contributed by atoms with E-state index in [4.69, 9.17) is 16.3 Å². The van der Waals surface area contributed by atoms with Crippen LogP contribution in [0, 0.1) is 17.3 Å². The number of esters is 1. The summed E-state index contributed by atoms with van der Waals surface area (Å²) in [5.41, 5.74) is -2.07. The Kier molecular flexibility index (Phi) is 5.22. The van der Waals surface area contributed by atoms with Crippen molar-refractivity contribution >= 4 is 23.1 Å². The summed E-state index contributed by atoms with van der Waals surface area (Å²) in [6, 6.07) is -5.00. The van der Waals surface area contributed by atoms with Gasteiger partial charge in [0.2, 0.25) is 0 Å². The molecule has 1 fully saturated rings. The molecule has 6 nitrogen and oxygen atoms in total. The number of methoxy groups -OCH3 is 1. The molecule has 0 bridgehead atoms. The molecule has 9 heteroatoms. The molecule has 0 radical (unpaired) electrons. The Hall–Kier alpha value is -1.58. The third-order valence-corrected chi connectivity index (χ3v) is 5.01. The fraction of sp³-hybridized carbons (Fsp3) is 0.471. The topological polar surface area (TPSA) is 107 Å². The Morgan fingerprint density at radius 3 is 2.19 bits per heavy atom. The van der Waals surface area contributed by atoms with Crippen molar-refractivity contribution in [3.8, 4) is 0 Å². The summed E-state index contributed by atoms with van der Waals surface area (Å²) in [4.78, 5) is 12.0. The molecule has 1 aromatic rings. The molecule has 26 heavy (non-hydrogen) atoms. The molecule has 0 spiro atoms. The van der Waals surface area contributed by atoms with Crippen LogP contribution in [0.25, 0.3) is 5.57 Å². The molecule has 1 aromatic carbocycles. The second-order valence-electron chi connectivity index (χ2n) is 6.77. The Labute approximate surface area is 153 Å². The molecule has 2 atom stereocenters. The molecule has 0 amide bonds. The van der Waals surface area contributed by atoms with Crippen LogP contribution in [0.1, 0.15) is 30.5 Å². The van der Waals surface area contributed by atoms with Crippen LogP contribution in [0.2, 0.25) is 0 Å². The average molecular weight is 393 g/mol. The van der Waals surface area contributed by atoms with Crippen molar-refractivity contribution in [3.05, 3.63) is 40.4 Å². The predicted molar refractivity (Wildman–Crippen MR) is 87.5 cm³/mol. The molecule has 1 saturated carbocycles. The predicted octanol–water partition coefficient (Wildman–Crippen LogP) is 1.84. The zero-order valence-electron chi connectivity index (χ0n) is 14.2. The lowest BCUT2D eigenvalue weighted by atomic mass is 9.89. The van der Waals surface area contributed by atoms with Crippen molar-refractivity contribution in [1.82, 2.24) is 0 Å². The van der Waals surface area contributed by atoms with Gasteiger partial charge >= 0.3 is 18.1 Å². The second-order valence-corrected chi connectivity index (χ2v) is 6.98. The van der Waals surface area contributed by atoms with E-state index in [1.54, 1.807) is 13.8 Å². The monoisotopic (exact) mass is 392 g/mol. The Morgan fingerprint density at radius 2 is 1.77 bits per heavy atom. The van der Waals surface area contributed by atoms with Gasteiger partial charge in [-0.25, -0.2) is 0 Å². The lowest BCUT2D eigenvalue weighted by Crippen LogP contribution is -2.29. The van der Waals surface area contributed by atoms with E-state index in [-0.39, 0.29) is 11.1 Å². The minimum Gasteiger partial charge on any atom is -0.469 e. The summed E-state index contributed by atoms with van der Waals surface area (Å²) in [7, 11) is 1.20. The average Bonchev–Trinajstić information content (AvgIpc) is 3.07. The third kappa shape index (κ3) is 3.47. The maximum Gasteiger partial charge on any atom is 0.344 e. The van der Waals surface area contributed by atoms with Crippen LogP contribution in [0.15, 0.2) is 23.7 Å². The molecular weight excluding hydrogens is 374 g/mol. The van der Waals surface area contributed by atoms with Crippen LogP contribution in [0.3, 0.4) is 0 Å². The molecule has 4 N–H and O–H groups in total. The number of rotatable bonds is 5. The van der Waals surface area contributed by atoms with E-state index in [1.807, 2.05) is 0 Å². The first-order valence-corrected chi connectivity index (χ1v) is 8.01. The third-order valence-electron chi connectivity index (χ3n) is 4.77. The summed E-state index contributed by atoms with van der Waals surface area (Å²) in [6.45, 7) is 3.45. The van der Waals surface area contributed by atoms with Crippen molar-refractivity contribution in [1.29, 1.82) is 0 Å². The fourth-order valence-corrected chi connectivity index (χ4v) is 3.73. The summed E-state index contributed by atoms with van der Waals surface area (Å²) in [5, 5.41) is 37.3. The van der Waals surface area contributed by atoms with Gasteiger partial charge in [-0.05, 0) is 16.6 Å². The molecule has 1 aliphatic rings. The van der Waals surface area contributed by atoms with Crippen LogP contribution in [-0.2, 0) is 21.6 Å². The maximum atomic E-state index is 14.0. The summed E-state index contributed by atoms with van der Waals surface area (Å²) >= 11 is 5.85.